The molecular formula is C32H33ClN4O4. The number of rotatable bonds is 10. The van der Waals surface area contributed by atoms with Crippen LogP contribution in [0.15, 0.2) is 66.9 Å². The van der Waals surface area contributed by atoms with Gasteiger partial charge in [0.15, 0.2) is 0 Å². The van der Waals surface area contributed by atoms with Crippen LogP contribution in [0.5, 0.6) is 5.75 Å². The molecule has 1 aliphatic carbocycles. The number of aliphatic hydroxyl groups excluding tert-OH is 1. The fourth-order valence-corrected chi connectivity index (χ4v) is 5.60. The Bertz CT molecular complexity index is 1570. The van der Waals surface area contributed by atoms with E-state index in [9.17, 15) is 14.7 Å². The van der Waals surface area contributed by atoms with E-state index in [0.717, 1.165) is 60.8 Å². The highest BCUT2D eigenvalue weighted by Crippen LogP contribution is 2.34. The maximum atomic E-state index is 13.2. The lowest BCUT2D eigenvalue weighted by Gasteiger charge is -2.28. The Hall–Kier alpha value is -3.72. The Kier molecular flexibility index (Phi) is 7.79. The Morgan fingerprint density at radius 1 is 1.05 bits per heavy atom. The maximum Gasteiger partial charge on any atom is 0.292 e. The van der Waals surface area contributed by atoms with E-state index in [0.29, 0.717) is 22.9 Å². The summed E-state index contributed by atoms with van der Waals surface area (Å²) in [6, 6.07) is 17.6. The van der Waals surface area contributed by atoms with E-state index in [1.807, 2.05) is 48.3 Å². The van der Waals surface area contributed by atoms with Crippen LogP contribution in [0.3, 0.4) is 0 Å². The molecule has 3 aromatic carbocycles. The molecule has 1 aliphatic heterocycles. The van der Waals surface area contributed by atoms with Gasteiger partial charge in [-0.1, -0.05) is 54.1 Å². The second-order valence-electron chi connectivity index (χ2n) is 11.0. The van der Waals surface area contributed by atoms with Crippen LogP contribution in [0, 0.1) is 0 Å². The summed E-state index contributed by atoms with van der Waals surface area (Å²) >= 11 is 6.45. The number of Topliss-reactive ketones (excluding diaryl/α,β-unsaturated/α-hetero) is 1. The van der Waals surface area contributed by atoms with Crippen LogP contribution in [0.1, 0.15) is 47.7 Å². The number of fused-ring (bicyclic) bond motifs is 1. The lowest BCUT2D eigenvalue weighted by molar-refractivity contribution is -0.118. The quantitative estimate of drug-likeness (QED) is 0.207. The van der Waals surface area contributed by atoms with E-state index >= 15 is 0 Å². The van der Waals surface area contributed by atoms with Crippen LogP contribution in [0.25, 0.3) is 22.0 Å². The van der Waals surface area contributed by atoms with E-state index in [4.69, 9.17) is 16.3 Å². The number of hydrogen-bond acceptors (Lipinski definition) is 6. The van der Waals surface area contributed by atoms with Crippen molar-refractivity contribution in [3.8, 4) is 16.9 Å². The van der Waals surface area contributed by atoms with Crippen molar-refractivity contribution < 1.29 is 19.4 Å². The summed E-state index contributed by atoms with van der Waals surface area (Å²) in [5.41, 5.74) is 3.77. The predicted molar refractivity (Wildman–Crippen MR) is 158 cm³/mol. The standard InChI is InChI=1S/C32H33ClN4O4/c1-36-28-17-22(8-9-24(28)18-34-36)20-4-6-21(7-5-20)31(39)32(40)35-27(19-37-14-2-3-15-37)30(38)23-10-13-29(26(33)16-23)41-25-11-12-25/h4-10,13,16-18,25,27,30,38H,2-3,11-12,14-15,19H2,1H3,(H,35,40)/t27-,30-/m1/s1. The Morgan fingerprint density at radius 2 is 1.78 bits per heavy atom. The van der Waals surface area contributed by atoms with E-state index in [1.54, 1.807) is 30.3 Å². The molecule has 1 amide bonds. The lowest BCUT2D eigenvalue weighted by atomic mass is 9.99. The van der Waals surface area contributed by atoms with Crippen molar-refractivity contribution in [1.29, 1.82) is 0 Å². The molecule has 1 saturated carbocycles. The van der Waals surface area contributed by atoms with Crippen molar-refractivity contribution in [3.63, 3.8) is 0 Å². The first-order valence-electron chi connectivity index (χ1n) is 14.1. The lowest BCUT2D eigenvalue weighted by Crippen LogP contribution is -2.48. The molecule has 2 heterocycles. The minimum absolute atomic E-state index is 0.204. The molecule has 6 rings (SSSR count). The van der Waals surface area contributed by atoms with Crippen molar-refractivity contribution in [3.05, 3.63) is 83.0 Å². The van der Waals surface area contributed by atoms with E-state index in [1.165, 1.54) is 0 Å². The van der Waals surface area contributed by atoms with Crippen molar-refractivity contribution in [2.75, 3.05) is 19.6 Å². The Balaban J connectivity index is 1.17. The fraction of sp³-hybridized carbons (Fsp3) is 0.344. The molecule has 0 bridgehead atoms. The number of likely N-dealkylation sites (tertiary alicyclic amines) is 1. The number of nitrogens with one attached hydrogen (secondary N) is 1. The molecule has 41 heavy (non-hydrogen) atoms. The Labute approximate surface area is 243 Å². The molecule has 212 valence electrons. The molecular weight excluding hydrogens is 540 g/mol. The number of amides is 1. The van der Waals surface area contributed by atoms with Gasteiger partial charge in [-0.05, 0) is 73.7 Å². The molecule has 4 aromatic rings. The number of halogens is 1. The van der Waals surface area contributed by atoms with Gasteiger partial charge >= 0.3 is 0 Å². The minimum atomic E-state index is -1.05. The first-order valence-corrected chi connectivity index (χ1v) is 14.5. The summed E-state index contributed by atoms with van der Waals surface area (Å²) in [7, 11) is 1.90. The monoisotopic (exact) mass is 572 g/mol. The summed E-state index contributed by atoms with van der Waals surface area (Å²) < 4.78 is 7.64. The van der Waals surface area contributed by atoms with Gasteiger partial charge in [0, 0.05) is 24.5 Å². The zero-order chi connectivity index (χ0) is 28.5. The van der Waals surface area contributed by atoms with Crippen molar-refractivity contribution in [1.82, 2.24) is 20.0 Å². The Morgan fingerprint density at radius 3 is 2.49 bits per heavy atom. The number of carbonyl (C=O) groups is 2. The van der Waals surface area contributed by atoms with Gasteiger partial charge in [-0.3, -0.25) is 14.3 Å². The van der Waals surface area contributed by atoms with Gasteiger partial charge in [-0.2, -0.15) is 5.10 Å². The number of aryl methyl sites for hydroxylation is 1. The largest absolute Gasteiger partial charge is 0.489 e. The molecule has 2 N–H and O–H groups in total. The normalized spacial score (nSPS) is 17.0. The number of ether oxygens (including phenoxy) is 1. The maximum absolute atomic E-state index is 13.2. The molecule has 1 saturated heterocycles. The highest BCUT2D eigenvalue weighted by Gasteiger charge is 2.30. The van der Waals surface area contributed by atoms with Gasteiger partial charge in [0.1, 0.15) is 11.9 Å². The zero-order valence-electron chi connectivity index (χ0n) is 22.9. The van der Waals surface area contributed by atoms with Crippen molar-refractivity contribution >= 4 is 34.2 Å². The summed E-state index contributed by atoms with van der Waals surface area (Å²) in [6.45, 7) is 2.19. The first kappa shape index (κ1) is 27.4. The second kappa shape index (κ2) is 11.6. The topological polar surface area (TPSA) is 96.7 Å². The van der Waals surface area contributed by atoms with Gasteiger partial charge in [0.05, 0.1) is 28.9 Å². The summed E-state index contributed by atoms with van der Waals surface area (Å²) in [4.78, 5) is 28.5. The molecule has 9 heteroatoms. The molecule has 0 spiro atoms. The van der Waals surface area contributed by atoms with Crippen LogP contribution in [-0.2, 0) is 11.8 Å². The number of benzene rings is 3. The van der Waals surface area contributed by atoms with Gasteiger partial charge in [-0.25, -0.2) is 0 Å². The van der Waals surface area contributed by atoms with Crippen LogP contribution in [0.4, 0.5) is 0 Å². The molecule has 8 nitrogen and oxygen atoms in total. The number of aliphatic hydroxyl groups is 1. The average molecular weight is 573 g/mol. The zero-order valence-corrected chi connectivity index (χ0v) is 23.7. The van der Waals surface area contributed by atoms with Crippen LogP contribution >= 0.6 is 11.6 Å². The highest BCUT2D eigenvalue weighted by molar-refractivity contribution is 6.42. The third kappa shape index (κ3) is 6.15. The third-order valence-corrected chi connectivity index (χ3v) is 8.20. The summed E-state index contributed by atoms with van der Waals surface area (Å²) in [5.74, 6) is -0.815. The second-order valence-corrected chi connectivity index (χ2v) is 11.4. The predicted octanol–water partition coefficient (Wildman–Crippen LogP) is 4.93. The van der Waals surface area contributed by atoms with E-state index in [2.05, 4.69) is 15.3 Å². The van der Waals surface area contributed by atoms with Crippen LogP contribution in [0.2, 0.25) is 5.02 Å². The smallest absolute Gasteiger partial charge is 0.292 e. The molecule has 0 radical (unpaired) electrons. The first-order chi connectivity index (χ1) is 19.9. The van der Waals surface area contributed by atoms with Gasteiger partial charge in [0.25, 0.3) is 5.91 Å². The van der Waals surface area contributed by atoms with E-state index in [-0.39, 0.29) is 11.7 Å². The molecule has 2 atom stereocenters. The number of aromatic nitrogens is 2. The molecule has 2 fully saturated rings. The van der Waals surface area contributed by atoms with Gasteiger partial charge in [0.2, 0.25) is 5.78 Å². The number of nitrogens with zero attached hydrogens (tertiary/aromatic N) is 3. The van der Waals surface area contributed by atoms with Crippen molar-refractivity contribution in [2.45, 2.75) is 43.9 Å². The van der Waals surface area contributed by atoms with Crippen molar-refractivity contribution in [2.24, 2.45) is 7.05 Å². The molecule has 0 unspecified atom stereocenters. The highest BCUT2D eigenvalue weighted by atomic mass is 35.5. The SMILES string of the molecule is Cn1ncc2ccc(-c3ccc(C(=O)C(=O)N[C@H](CN4CCCC4)[C@H](O)c4ccc(OC5CC5)c(Cl)c4)cc3)cc21. The number of hydrogen-bond donors (Lipinski definition) is 2. The van der Waals surface area contributed by atoms with Crippen LogP contribution < -0.4 is 10.1 Å². The fourth-order valence-electron chi connectivity index (χ4n) is 5.36. The van der Waals surface area contributed by atoms with Gasteiger partial charge < -0.3 is 20.1 Å². The van der Waals surface area contributed by atoms with E-state index < -0.39 is 23.8 Å². The van der Waals surface area contributed by atoms with Gasteiger partial charge in [-0.15, -0.1) is 0 Å². The van der Waals surface area contributed by atoms with Crippen LogP contribution in [-0.4, -0.2) is 63.3 Å². The third-order valence-electron chi connectivity index (χ3n) is 7.90. The molecule has 1 aromatic heterocycles. The number of ketones is 1. The summed E-state index contributed by atoms with van der Waals surface area (Å²) in [5, 5.41) is 19.9. The molecule has 2 aliphatic rings. The number of carbonyl (C=O) groups excluding carboxylic acids is 2. The average Bonchev–Trinajstić information content (AvgIpc) is 3.51. The summed E-state index contributed by atoms with van der Waals surface area (Å²) in [6.07, 6.45) is 5.13. The minimum Gasteiger partial charge on any atom is -0.489 e.